The van der Waals surface area contributed by atoms with Crippen molar-refractivity contribution in [2.75, 3.05) is 11.9 Å². The summed E-state index contributed by atoms with van der Waals surface area (Å²) in [5.41, 5.74) is -0.126. The summed E-state index contributed by atoms with van der Waals surface area (Å²) in [5, 5.41) is 12.9. The van der Waals surface area contributed by atoms with Crippen LogP contribution in [0, 0.1) is 17.8 Å². The van der Waals surface area contributed by atoms with Crippen LogP contribution in [0.3, 0.4) is 0 Å². The van der Waals surface area contributed by atoms with E-state index in [1.165, 1.54) is 32.6 Å². The van der Waals surface area contributed by atoms with Gasteiger partial charge in [-0.1, -0.05) is 11.3 Å². The van der Waals surface area contributed by atoms with Crippen molar-refractivity contribution in [3.63, 3.8) is 0 Å². The van der Waals surface area contributed by atoms with Gasteiger partial charge in [-0.15, -0.1) is 0 Å². The Hall–Kier alpha value is -1.43. The highest BCUT2D eigenvalue weighted by Gasteiger charge is 2.41. The number of aromatic carboxylic acids is 1. The number of carboxylic acids is 1. The van der Waals surface area contributed by atoms with Gasteiger partial charge in [0.1, 0.15) is 4.88 Å². The van der Waals surface area contributed by atoms with E-state index in [0.717, 1.165) is 29.7 Å². The highest BCUT2D eigenvalue weighted by molar-refractivity contribution is 7.17. The number of rotatable bonds is 7. The van der Waals surface area contributed by atoms with Crippen LogP contribution in [0.25, 0.3) is 0 Å². The van der Waals surface area contributed by atoms with Gasteiger partial charge in [0.05, 0.1) is 0 Å². The molecule has 3 rings (SSSR count). The summed E-state index contributed by atoms with van der Waals surface area (Å²) in [4.78, 5) is 26.8. The van der Waals surface area contributed by atoms with Gasteiger partial charge < -0.3 is 10.4 Å². The number of hydrogen-bond acceptors (Lipinski definition) is 5. The average molecular weight is 294 g/mol. The Bertz CT molecular complexity index is 503. The maximum Gasteiger partial charge on any atom is 0.356 e. The molecule has 2 fully saturated rings. The SMILES string of the molecule is CC(=O)c1sc(NCC(C2CC2)C2CC2)nc1C(=O)O. The lowest BCUT2D eigenvalue weighted by molar-refractivity contribution is 0.0687. The van der Waals surface area contributed by atoms with E-state index in [9.17, 15) is 9.59 Å². The minimum absolute atomic E-state index is 0.126. The fourth-order valence-electron chi connectivity index (χ4n) is 2.75. The van der Waals surface area contributed by atoms with Gasteiger partial charge in [-0.3, -0.25) is 4.79 Å². The van der Waals surface area contributed by atoms with Crippen LogP contribution in [-0.2, 0) is 0 Å². The topological polar surface area (TPSA) is 79.3 Å². The first-order valence-corrected chi connectivity index (χ1v) is 7.87. The van der Waals surface area contributed by atoms with Gasteiger partial charge in [-0.05, 0) is 43.4 Å². The first-order chi connectivity index (χ1) is 9.56. The molecule has 2 aliphatic carbocycles. The summed E-state index contributed by atoms with van der Waals surface area (Å²) in [5.74, 6) is 0.977. The molecule has 2 N–H and O–H groups in total. The average Bonchev–Trinajstić information content (AvgIpc) is 3.29. The molecule has 0 bridgehead atoms. The van der Waals surface area contributed by atoms with Crippen molar-refractivity contribution in [1.82, 2.24) is 4.98 Å². The summed E-state index contributed by atoms with van der Waals surface area (Å²) >= 11 is 1.15. The number of nitrogens with one attached hydrogen (secondary N) is 1. The highest BCUT2D eigenvalue weighted by atomic mass is 32.1. The summed E-state index contributed by atoms with van der Waals surface area (Å²) in [7, 11) is 0. The van der Waals surface area contributed by atoms with Gasteiger partial charge in [-0.25, -0.2) is 9.78 Å². The van der Waals surface area contributed by atoms with Crippen LogP contribution < -0.4 is 5.32 Å². The second-order valence-corrected chi connectivity index (χ2v) is 6.78. The monoisotopic (exact) mass is 294 g/mol. The van der Waals surface area contributed by atoms with Crippen molar-refractivity contribution < 1.29 is 14.7 Å². The number of aromatic nitrogens is 1. The smallest absolute Gasteiger partial charge is 0.356 e. The molecule has 1 aromatic rings. The number of carboxylic acid groups (broad SMARTS) is 1. The zero-order valence-electron chi connectivity index (χ0n) is 11.4. The molecular weight excluding hydrogens is 276 g/mol. The fraction of sp³-hybridized carbons (Fsp3) is 0.643. The van der Waals surface area contributed by atoms with Crippen LogP contribution >= 0.6 is 11.3 Å². The van der Waals surface area contributed by atoms with E-state index >= 15 is 0 Å². The molecule has 1 aromatic heterocycles. The Morgan fingerprint density at radius 1 is 1.35 bits per heavy atom. The molecule has 0 amide bonds. The first kappa shape index (κ1) is 13.5. The molecular formula is C14H18N2O3S. The Morgan fingerprint density at radius 2 is 1.95 bits per heavy atom. The van der Waals surface area contributed by atoms with E-state index in [2.05, 4.69) is 10.3 Å². The van der Waals surface area contributed by atoms with Crippen molar-refractivity contribution in [3.05, 3.63) is 10.6 Å². The molecule has 108 valence electrons. The zero-order valence-corrected chi connectivity index (χ0v) is 12.2. The van der Waals surface area contributed by atoms with Gasteiger partial charge in [0.2, 0.25) is 0 Å². The summed E-state index contributed by atoms with van der Waals surface area (Å²) in [6, 6.07) is 0. The summed E-state index contributed by atoms with van der Waals surface area (Å²) < 4.78 is 0. The van der Waals surface area contributed by atoms with Gasteiger partial charge in [0.25, 0.3) is 0 Å². The first-order valence-electron chi connectivity index (χ1n) is 7.05. The Balaban J connectivity index is 1.69. The molecule has 2 aliphatic rings. The second-order valence-electron chi connectivity index (χ2n) is 5.78. The van der Waals surface area contributed by atoms with E-state index in [0.29, 0.717) is 11.0 Å². The predicted octanol–water partition coefficient (Wildman–Crippen LogP) is 2.89. The summed E-state index contributed by atoms with van der Waals surface area (Å²) in [6.07, 6.45) is 5.28. The molecule has 0 saturated heterocycles. The van der Waals surface area contributed by atoms with Crippen molar-refractivity contribution in [3.8, 4) is 0 Å². The third kappa shape index (κ3) is 2.85. The van der Waals surface area contributed by atoms with Crippen LogP contribution in [-0.4, -0.2) is 28.4 Å². The normalized spacial score (nSPS) is 18.3. The molecule has 5 nitrogen and oxygen atoms in total. The lowest BCUT2D eigenvalue weighted by Gasteiger charge is -2.15. The van der Waals surface area contributed by atoms with Gasteiger partial charge in [-0.2, -0.15) is 0 Å². The lowest BCUT2D eigenvalue weighted by Crippen LogP contribution is -2.18. The molecule has 0 radical (unpaired) electrons. The minimum atomic E-state index is -1.14. The van der Waals surface area contributed by atoms with E-state index in [4.69, 9.17) is 5.11 Å². The standard InChI is InChI=1S/C14H18N2O3S/c1-7(17)12-11(13(18)19)16-14(20-12)15-6-10(8-2-3-8)9-4-5-9/h8-10H,2-6H2,1H3,(H,15,16)(H,18,19). The third-order valence-electron chi connectivity index (χ3n) is 4.09. The van der Waals surface area contributed by atoms with Crippen molar-refractivity contribution >= 4 is 28.2 Å². The van der Waals surface area contributed by atoms with Crippen LogP contribution in [0.2, 0.25) is 0 Å². The molecule has 0 unspecified atom stereocenters. The number of anilines is 1. The zero-order chi connectivity index (χ0) is 14.3. The minimum Gasteiger partial charge on any atom is -0.476 e. The Morgan fingerprint density at radius 3 is 2.35 bits per heavy atom. The second kappa shape index (κ2) is 5.16. The molecule has 0 atom stereocenters. The molecule has 20 heavy (non-hydrogen) atoms. The maximum absolute atomic E-state index is 11.4. The predicted molar refractivity (Wildman–Crippen MR) is 76.5 cm³/mol. The van der Waals surface area contributed by atoms with E-state index in [1.54, 1.807) is 0 Å². The molecule has 2 saturated carbocycles. The number of ketones is 1. The van der Waals surface area contributed by atoms with Crippen LogP contribution in [0.5, 0.6) is 0 Å². The van der Waals surface area contributed by atoms with Crippen LogP contribution in [0.15, 0.2) is 0 Å². The molecule has 0 aliphatic heterocycles. The van der Waals surface area contributed by atoms with Crippen LogP contribution in [0.1, 0.15) is 52.8 Å². The fourth-order valence-corrected chi connectivity index (χ4v) is 3.61. The quantitative estimate of drug-likeness (QED) is 0.756. The number of hydrogen-bond donors (Lipinski definition) is 2. The largest absolute Gasteiger partial charge is 0.476 e. The van der Waals surface area contributed by atoms with Crippen molar-refractivity contribution in [2.45, 2.75) is 32.6 Å². The van der Waals surface area contributed by atoms with Gasteiger partial charge >= 0.3 is 5.97 Å². The van der Waals surface area contributed by atoms with E-state index in [-0.39, 0.29) is 16.4 Å². The van der Waals surface area contributed by atoms with Crippen molar-refractivity contribution in [2.24, 2.45) is 17.8 Å². The third-order valence-corrected chi connectivity index (χ3v) is 5.21. The maximum atomic E-state index is 11.4. The molecule has 0 aromatic carbocycles. The molecule has 0 spiro atoms. The Labute approximate surface area is 121 Å². The number of carbonyl (C=O) groups is 2. The van der Waals surface area contributed by atoms with Gasteiger partial charge in [0.15, 0.2) is 16.6 Å². The highest BCUT2D eigenvalue weighted by Crippen LogP contribution is 2.49. The van der Waals surface area contributed by atoms with E-state index < -0.39 is 5.97 Å². The number of thiazole rings is 1. The van der Waals surface area contributed by atoms with Gasteiger partial charge in [0, 0.05) is 13.5 Å². The molecule has 6 heteroatoms. The Kier molecular flexibility index (Phi) is 3.50. The lowest BCUT2D eigenvalue weighted by atomic mass is 9.98. The molecule has 1 heterocycles. The number of carbonyl (C=O) groups excluding carboxylic acids is 1. The van der Waals surface area contributed by atoms with Crippen LogP contribution in [0.4, 0.5) is 5.13 Å². The van der Waals surface area contributed by atoms with E-state index in [1.807, 2.05) is 0 Å². The summed E-state index contributed by atoms with van der Waals surface area (Å²) in [6.45, 7) is 2.22. The number of nitrogens with zero attached hydrogens (tertiary/aromatic N) is 1. The number of Topliss-reactive ketones (excluding diaryl/α,β-unsaturated/α-hetero) is 1. The van der Waals surface area contributed by atoms with Crippen molar-refractivity contribution in [1.29, 1.82) is 0 Å².